The number of anilines is 3. The van der Waals surface area contributed by atoms with Crippen molar-refractivity contribution in [1.29, 1.82) is 0 Å². The summed E-state index contributed by atoms with van der Waals surface area (Å²) in [5.74, 6) is -0.729. The molecule has 0 bridgehead atoms. The lowest BCUT2D eigenvalue weighted by Crippen LogP contribution is -2.32. The molecule has 9 heteroatoms. The van der Waals surface area contributed by atoms with Crippen molar-refractivity contribution < 1.29 is 9.90 Å². The highest BCUT2D eigenvalue weighted by atomic mass is 16.3. The van der Waals surface area contributed by atoms with Gasteiger partial charge < -0.3 is 20.6 Å². The van der Waals surface area contributed by atoms with Crippen molar-refractivity contribution in [3.8, 4) is 11.4 Å². The Kier molecular flexibility index (Phi) is 8.88. The Hall–Kier alpha value is -4.79. The van der Waals surface area contributed by atoms with Crippen molar-refractivity contribution >= 4 is 23.0 Å². The molecule has 37 heavy (non-hydrogen) atoms. The van der Waals surface area contributed by atoms with Gasteiger partial charge in [0.1, 0.15) is 11.4 Å². The van der Waals surface area contributed by atoms with Gasteiger partial charge in [-0.1, -0.05) is 68.4 Å². The van der Waals surface area contributed by atoms with Crippen LogP contribution in [0.15, 0.2) is 88.5 Å². The second kappa shape index (κ2) is 12.3. The van der Waals surface area contributed by atoms with Crippen LogP contribution in [0, 0.1) is 0 Å². The fourth-order valence-corrected chi connectivity index (χ4v) is 3.56. The first-order chi connectivity index (χ1) is 17.9. The average molecular weight is 502 g/mol. The Bertz CT molecular complexity index is 1460. The van der Waals surface area contributed by atoms with Gasteiger partial charge in [0.15, 0.2) is 5.75 Å². The van der Waals surface area contributed by atoms with E-state index in [1.54, 1.807) is 50.5 Å². The molecule has 0 aliphatic heterocycles. The molecule has 0 radical (unpaired) electrons. The molecule has 9 nitrogen and oxygen atoms in total. The third-order valence-corrected chi connectivity index (χ3v) is 5.37. The van der Waals surface area contributed by atoms with Gasteiger partial charge in [-0.3, -0.25) is 19.5 Å². The fourth-order valence-electron chi connectivity index (χ4n) is 3.56. The zero-order chi connectivity index (χ0) is 26.9. The SMILES string of the molecule is CC.CN(C)C(=O)c1cccc(Nc2c(NCc3ccccc3)c(=O)[nH]n(-c3ccccc3)c2=O)c1O. The van der Waals surface area contributed by atoms with E-state index in [1.807, 2.05) is 44.2 Å². The molecular formula is C28H31N5O4. The number of aromatic hydroxyl groups is 1. The number of carbonyl (C=O) groups excluding carboxylic acids is 1. The molecule has 1 amide bonds. The summed E-state index contributed by atoms with van der Waals surface area (Å²) >= 11 is 0. The lowest BCUT2D eigenvalue weighted by atomic mass is 10.1. The summed E-state index contributed by atoms with van der Waals surface area (Å²) < 4.78 is 1.13. The van der Waals surface area contributed by atoms with Gasteiger partial charge in [-0.2, -0.15) is 0 Å². The molecule has 1 aromatic heterocycles. The van der Waals surface area contributed by atoms with E-state index in [0.717, 1.165) is 10.2 Å². The number of hydrogen-bond donors (Lipinski definition) is 4. The van der Waals surface area contributed by atoms with Gasteiger partial charge in [0, 0.05) is 20.6 Å². The van der Waals surface area contributed by atoms with Gasteiger partial charge in [-0.25, -0.2) is 4.68 Å². The quantitative estimate of drug-likeness (QED) is 0.280. The number of benzene rings is 3. The van der Waals surface area contributed by atoms with E-state index < -0.39 is 17.0 Å². The molecule has 4 rings (SSSR count). The topological polar surface area (TPSA) is 119 Å². The number of nitrogens with one attached hydrogen (secondary N) is 3. The van der Waals surface area contributed by atoms with Crippen LogP contribution in [0.4, 0.5) is 17.1 Å². The first-order valence-electron chi connectivity index (χ1n) is 11.9. The van der Waals surface area contributed by atoms with Crippen LogP contribution in [0.3, 0.4) is 0 Å². The van der Waals surface area contributed by atoms with Gasteiger partial charge in [0.25, 0.3) is 17.0 Å². The van der Waals surface area contributed by atoms with Gasteiger partial charge in [0.05, 0.1) is 16.9 Å². The molecule has 1 heterocycles. The summed E-state index contributed by atoms with van der Waals surface area (Å²) in [5.41, 5.74) is 0.407. The normalized spacial score (nSPS) is 10.2. The van der Waals surface area contributed by atoms with E-state index in [9.17, 15) is 19.5 Å². The number of aromatic amines is 1. The van der Waals surface area contributed by atoms with Crippen LogP contribution in [0.1, 0.15) is 29.8 Å². The van der Waals surface area contributed by atoms with Crippen molar-refractivity contribution in [2.24, 2.45) is 0 Å². The maximum Gasteiger partial charge on any atom is 0.295 e. The van der Waals surface area contributed by atoms with Crippen LogP contribution in [-0.4, -0.2) is 39.8 Å². The minimum absolute atomic E-state index is 0.00905. The smallest absolute Gasteiger partial charge is 0.295 e. The van der Waals surface area contributed by atoms with E-state index in [2.05, 4.69) is 15.7 Å². The second-order valence-corrected chi connectivity index (χ2v) is 8.03. The van der Waals surface area contributed by atoms with Crippen molar-refractivity contribution in [1.82, 2.24) is 14.7 Å². The third kappa shape index (κ3) is 6.07. The first kappa shape index (κ1) is 26.8. The largest absolute Gasteiger partial charge is 0.505 e. The fraction of sp³-hybridized carbons (Fsp3) is 0.179. The van der Waals surface area contributed by atoms with Crippen LogP contribution in [0.5, 0.6) is 5.75 Å². The summed E-state index contributed by atoms with van der Waals surface area (Å²) in [7, 11) is 3.14. The second-order valence-electron chi connectivity index (χ2n) is 8.03. The molecule has 0 spiro atoms. The molecule has 0 unspecified atom stereocenters. The molecule has 0 saturated heterocycles. The van der Waals surface area contributed by atoms with E-state index >= 15 is 0 Å². The van der Waals surface area contributed by atoms with Gasteiger partial charge >= 0.3 is 0 Å². The lowest BCUT2D eigenvalue weighted by Gasteiger charge is -2.17. The first-order valence-corrected chi connectivity index (χ1v) is 11.9. The molecule has 0 atom stereocenters. The molecular weight excluding hydrogens is 470 g/mol. The Balaban J connectivity index is 0.00000186. The number of hydrogen-bond acceptors (Lipinski definition) is 6. The molecule has 0 saturated carbocycles. The maximum atomic E-state index is 13.5. The lowest BCUT2D eigenvalue weighted by molar-refractivity contribution is 0.0824. The summed E-state index contributed by atoms with van der Waals surface area (Å²) in [4.78, 5) is 40.4. The van der Waals surface area contributed by atoms with Crippen molar-refractivity contribution in [2.75, 3.05) is 24.7 Å². The third-order valence-electron chi connectivity index (χ3n) is 5.37. The zero-order valence-electron chi connectivity index (χ0n) is 21.3. The van der Waals surface area contributed by atoms with E-state index in [0.29, 0.717) is 12.2 Å². The van der Waals surface area contributed by atoms with Gasteiger partial charge in [0.2, 0.25) is 0 Å². The van der Waals surface area contributed by atoms with Crippen molar-refractivity contribution in [3.63, 3.8) is 0 Å². The predicted octanol–water partition coefficient (Wildman–Crippen LogP) is 4.32. The van der Waals surface area contributed by atoms with Crippen LogP contribution in [-0.2, 0) is 6.54 Å². The summed E-state index contributed by atoms with van der Waals surface area (Å²) in [6, 6.07) is 22.7. The monoisotopic (exact) mass is 501 g/mol. The van der Waals surface area contributed by atoms with Crippen LogP contribution in [0.2, 0.25) is 0 Å². The molecule has 3 aromatic carbocycles. The Morgan fingerprint density at radius 3 is 2.14 bits per heavy atom. The van der Waals surface area contributed by atoms with Crippen LogP contribution >= 0.6 is 0 Å². The van der Waals surface area contributed by atoms with Crippen molar-refractivity contribution in [3.05, 3.63) is 111 Å². The Morgan fingerprint density at radius 2 is 1.51 bits per heavy atom. The van der Waals surface area contributed by atoms with E-state index in [4.69, 9.17) is 0 Å². The number of rotatable bonds is 7. The number of phenols is 1. The minimum atomic E-state index is -0.546. The number of carbonyl (C=O) groups is 1. The number of para-hydroxylation sites is 2. The molecule has 4 aromatic rings. The Labute approximate surface area is 215 Å². The number of H-pyrrole nitrogens is 1. The Morgan fingerprint density at radius 1 is 0.892 bits per heavy atom. The molecule has 192 valence electrons. The number of phenolic OH excluding ortho intramolecular Hbond substituents is 1. The summed E-state index contributed by atoms with van der Waals surface area (Å²) in [6.45, 7) is 4.29. The highest BCUT2D eigenvalue weighted by molar-refractivity contribution is 5.98. The molecule has 0 aliphatic rings. The van der Waals surface area contributed by atoms with Crippen LogP contribution < -0.4 is 21.8 Å². The van der Waals surface area contributed by atoms with E-state index in [1.165, 1.54) is 17.0 Å². The van der Waals surface area contributed by atoms with E-state index in [-0.39, 0.29) is 28.4 Å². The number of nitrogens with zero attached hydrogens (tertiary/aromatic N) is 2. The molecule has 0 fully saturated rings. The highest BCUT2D eigenvalue weighted by Crippen LogP contribution is 2.31. The maximum absolute atomic E-state index is 13.5. The highest BCUT2D eigenvalue weighted by Gasteiger charge is 2.20. The van der Waals surface area contributed by atoms with Crippen LogP contribution in [0.25, 0.3) is 5.69 Å². The zero-order valence-corrected chi connectivity index (χ0v) is 21.3. The summed E-state index contributed by atoms with van der Waals surface area (Å²) in [6.07, 6.45) is 0. The molecule has 4 N–H and O–H groups in total. The van der Waals surface area contributed by atoms with Gasteiger partial charge in [-0.15, -0.1) is 0 Å². The molecule has 0 aliphatic carbocycles. The summed E-state index contributed by atoms with van der Waals surface area (Å²) in [5, 5.41) is 19.3. The number of amides is 1. The standard InChI is InChI=1S/C26H25N5O4.C2H6/c1-30(2)25(34)19-14-9-15-20(23(19)32)28-22-21(27-16-17-10-5-3-6-11-17)24(33)29-31(26(22)35)18-12-7-4-8-13-18;1-2/h3-15,27-28,32H,16H2,1-2H3,(H,29,33);1-2H3. The number of aromatic nitrogens is 2. The predicted molar refractivity (Wildman–Crippen MR) is 147 cm³/mol. The van der Waals surface area contributed by atoms with Crippen molar-refractivity contribution in [2.45, 2.75) is 20.4 Å². The van der Waals surface area contributed by atoms with Gasteiger partial charge in [-0.05, 0) is 29.8 Å². The average Bonchev–Trinajstić information content (AvgIpc) is 2.93. The minimum Gasteiger partial charge on any atom is -0.505 e.